The van der Waals surface area contributed by atoms with Gasteiger partial charge >= 0.3 is 6.18 Å². The van der Waals surface area contributed by atoms with Crippen molar-refractivity contribution in [3.63, 3.8) is 0 Å². The van der Waals surface area contributed by atoms with E-state index in [9.17, 15) is 23.1 Å². The van der Waals surface area contributed by atoms with Gasteiger partial charge in [0.05, 0.1) is 23.6 Å². The van der Waals surface area contributed by atoms with Gasteiger partial charge in [-0.3, -0.25) is 4.79 Å². The van der Waals surface area contributed by atoms with Crippen molar-refractivity contribution in [2.45, 2.75) is 18.8 Å². The zero-order chi connectivity index (χ0) is 26.7. The number of ketones is 1. The monoisotopic (exact) mass is 517 g/mol. The Balaban J connectivity index is 1.56. The van der Waals surface area contributed by atoms with Gasteiger partial charge < -0.3 is 15.4 Å². The molecule has 0 saturated heterocycles. The second-order valence-corrected chi connectivity index (χ2v) is 8.54. The second kappa shape index (κ2) is 10.3. The van der Waals surface area contributed by atoms with Crippen LogP contribution in [-0.4, -0.2) is 30.6 Å². The minimum Gasteiger partial charge on any atom is -0.392 e. The molecule has 1 atom stereocenters. The van der Waals surface area contributed by atoms with Crippen molar-refractivity contribution in [3.8, 4) is 16.8 Å². The van der Waals surface area contributed by atoms with E-state index >= 15 is 0 Å². The highest BCUT2D eigenvalue weighted by atomic mass is 19.4. The third-order valence-electron chi connectivity index (χ3n) is 6.11. The van der Waals surface area contributed by atoms with Crippen molar-refractivity contribution in [2.24, 2.45) is 0 Å². The van der Waals surface area contributed by atoms with Crippen molar-refractivity contribution in [2.75, 3.05) is 5.32 Å². The van der Waals surface area contributed by atoms with Crippen LogP contribution in [0.3, 0.4) is 0 Å². The smallest absolute Gasteiger partial charge is 0.392 e. The second-order valence-electron chi connectivity index (χ2n) is 8.54. The number of benzene rings is 3. The number of nitrogens with zero attached hydrogens (tertiary/aromatic N) is 3. The van der Waals surface area contributed by atoms with Crippen LogP contribution in [0.4, 0.5) is 18.9 Å². The molecule has 7 nitrogen and oxygen atoms in total. The molecule has 5 aromatic rings. The highest BCUT2D eigenvalue weighted by Crippen LogP contribution is 2.39. The normalized spacial score (nSPS) is 12.3. The Labute approximate surface area is 215 Å². The molecule has 192 valence electrons. The number of anilines is 1. The Bertz CT molecular complexity index is 1540. The first-order valence-electron chi connectivity index (χ1n) is 11.6. The fourth-order valence-corrected chi connectivity index (χ4v) is 4.27. The fourth-order valence-electron chi connectivity index (χ4n) is 4.27. The summed E-state index contributed by atoms with van der Waals surface area (Å²) >= 11 is 0. The summed E-state index contributed by atoms with van der Waals surface area (Å²) in [6, 6.07) is 19.6. The lowest BCUT2D eigenvalue weighted by Gasteiger charge is -2.21. The van der Waals surface area contributed by atoms with Crippen LogP contribution in [0.1, 0.15) is 33.2 Å². The van der Waals surface area contributed by atoms with E-state index < -0.39 is 23.6 Å². The maximum Gasteiger partial charge on any atom is 0.417 e. The number of halogens is 3. The van der Waals surface area contributed by atoms with Crippen molar-refractivity contribution in [3.05, 3.63) is 120 Å². The molecule has 0 aliphatic heterocycles. The van der Waals surface area contributed by atoms with Gasteiger partial charge in [-0.05, 0) is 47.0 Å². The minimum atomic E-state index is -4.59. The van der Waals surface area contributed by atoms with Crippen molar-refractivity contribution < 1.29 is 23.1 Å². The number of aromatic nitrogens is 4. The number of Topliss-reactive ketones (excluding diaryl/α,β-unsaturated/α-hetero) is 1. The number of carbonyl (C=O) groups is 1. The van der Waals surface area contributed by atoms with Crippen LogP contribution < -0.4 is 5.32 Å². The molecule has 38 heavy (non-hydrogen) atoms. The molecule has 0 saturated carbocycles. The quantitative estimate of drug-likeness (QED) is 0.226. The van der Waals surface area contributed by atoms with Gasteiger partial charge in [0.15, 0.2) is 0 Å². The minimum absolute atomic E-state index is 0.0397. The maximum absolute atomic E-state index is 14.0. The standard InChI is InChI=1S/C28H22F3N5O2/c29-28(30,31)24-7-2-1-6-22(24)23-12-13-33-26(23)27(38)25(19-10-8-18(15-37)9-11-19)35-20-4-3-5-21(14-20)36-17-32-16-34-36/h1-14,16-17,25,33,35,37H,15H2. The van der Waals surface area contributed by atoms with Crippen LogP contribution in [0.15, 0.2) is 97.7 Å². The third-order valence-corrected chi connectivity index (χ3v) is 6.11. The molecule has 0 amide bonds. The molecule has 5 rings (SSSR count). The molecule has 0 fully saturated rings. The SMILES string of the molecule is O=C(c1[nH]ccc1-c1ccccc1C(F)(F)F)C(Nc1cccc(-n2cncn2)c1)c1ccc(CO)cc1. The summed E-state index contributed by atoms with van der Waals surface area (Å²) in [5.74, 6) is -0.454. The average molecular weight is 518 g/mol. The Morgan fingerprint density at radius 3 is 2.50 bits per heavy atom. The van der Waals surface area contributed by atoms with E-state index in [1.54, 1.807) is 53.5 Å². The first-order chi connectivity index (χ1) is 18.3. The number of nitrogens with one attached hydrogen (secondary N) is 2. The number of hydrogen-bond donors (Lipinski definition) is 3. The molecule has 3 N–H and O–H groups in total. The van der Waals surface area contributed by atoms with E-state index in [2.05, 4.69) is 20.4 Å². The average Bonchev–Trinajstić information content (AvgIpc) is 3.64. The van der Waals surface area contributed by atoms with Crippen LogP contribution in [-0.2, 0) is 12.8 Å². The van der Waals surface area contributed by atoms with Crippen molar-refractivity contribution in [1.82, 2.24) is 19.7 Å². The summed E-state index contributed by atoms with van der Waals surface area (Å²) < 4.78 is 42.9. The molecule has 2 heterocycles. The number of aliphatic hydroxyl groups excluding tert-OH is 1. The number of aliphatic hydroxyl groups is 1. The largest absolute Gasteiger partial charge is 0.417 e. The number of carbonyl (C=O) groups excluding carboxylic acids is 1. The Morgan fingerprint density at radius 2 is 1.79 bits per heavy atom. The summed E-state index contributed by atoms with van der Waals surface area (Å²) in [7, 11) is 0. The van der Waals surface area contributed by atoms with E-state index in [0.29, 0.717) is 22.5 Å². The van der Waals surface area contributed by atoms with Gasteiger partial charge in [0, 0.05) is 17.4 Å². The van der Waals surface area contributed by atoms with Crippen LogP contribution >= 0.6 is 0 Å². The van der Waals surface area contributed by atoms with Gasteiger partial charge in [0.2, 0.25) is 5.78 Å². The molecule has 0 radical (unpaired) electrons. The lowest BCUT2D eigenvalue weighted by Crippen LogP contribution is -2.22. The van der Waals surface area contributed by atoms with Crippen LogP contribution in [0.25, 0.3) is 16.8 Å². The highest BCUT2D eigenvalue weighted by molar-refractivity contribution is 6.06. The number of aromatic amines is 1. The lowest BCUT2D eigenvalue weighted by molar-refractivity contribution is -0.137. The predicted molar refractivity (Wildman–Crippen MR) is 136 cm³/mol. The fraction of sp³-hybridized carbons (Fsp3) is 0.107. The van der Waals surface area contributed by atoms with Crippen LogP contribution in [0, 0.1) is 0 Å². The maximum atomic E-state index is 14.0. The predicted octanol–water partition coefficient (Wildman–Crippen LogP) is 5.81. The first-order valence-corrected chi connectivity index (χ1v) is 11.6. The molecule has 0 spiro atoms. The number of H-pyrrole nitrogens is 1. The van der Waals surface area contributed by atoms with Crippen molar-refractivity contribution >= 4 is 11.5 Å². The highest BCUT2D eigenvalue weighted by Gasteiger charge is 2.35. The molecule has 0 aliphatic rings. The van der Waals surface area contributed by atoms with Gasteiger partial charge in [-0.1, -0.05) is 48.5 Å². The van der Waals surface area contributed by atoms with Gasteiger partial charge in [-0.2, -0.15) is 18.3 Å². The van der Waals surface area contributed by atoms with E-state index in [1.807, 2.05) is 6.07 Å². The molecule has 2 aromatic heterocycles. The van der Waals surface area contributed by atoms with E-state index in [4.69, 9.17) is 0 Å². The van der Waals surface area contributed by atoms with Gasteiger partial charge in [-0.25, -0.2) is 9.67 Å². The van der Waals surface area contributed by atoms with Gasteiger partial charge in [0.1, 0.15) is 18.7 Å². The molecule has 10 heteroatoms. The Kier molecular flexibility index (Phi) is 6.80. The van der Waals surface area contributed by atoms with Crippen LogP contribution in [0.5, 0.6) is 0 Å². The van der Waals surface area contributed by atoms with E-state index in [0.717, 1.165) is 6.07 Å². The van der Waals surface area contributed by atoms with E-state index in [-0.39, 0.29) is 23.4 Å². The Morgan fingerprint density at radius 1 is 1.00 bits per heavy atom. The summed E-state index contributed by atoms with van der Waals surface area (Å²) in [5.41, 5.74) is 1.80. The molecule has 3 aromatic carbocycles. The molecule has 0 aliphatic carbocycles. The summed E-state index contributed by atoms with van der Waals surface area (Å²) in [6.07, 6.45) is -0.194. The summed E-state index contributed by atoms with van der Waals surface area (Å²) in [6.45, 7) is -0.165. The first kappa shape index (κ1) is 25.0. The number of alkyl halides is 3. The molecule has 0 bridgehead atoms. The third kappa shape index (κ3) is 5.07. The number of rotatable bonds is 8. The van der Waals surface area contributed by atoms with E-state index in [1.165, 1.54) is 36.8 Å². The van der Waals surface area contributed by atoms with Crippen LogP contribution in [0.2, 0.25) is 0 Å². The van der Waals surface area contributed by atoms with Gasteiger partial charge in [0.25, 0.3) is 0 Å². The Hall–Kier alpha value is -4.70. The zero-order valence-electron chi connectivity index (χ0n) is 19.9. The summed E-state index contributed by atoms with van der Waals surface area (Å²) in [5, 5.41) is 16.8. The van der Waals surface area contributed by atoms with Gasteiger partial charge in [-0.15, -0.1) is 0 Å². The lowest BCUT2D eigenvalue weighted by atomic mass is 9.93. The molecular weight excluding hydrogens is 495 g/mol. The van der Waals surface area contributed by atoms with Crippen molar-refractivity contribution in [1.29, 1.82) is 0 Å². The molecular formula is C28H22F3N5O2. The number of hydrogen-bond acceptors (Lipinski definition) is 5. The topological polar surface area (TPSA) is 95.8 Å². The summed E-state index contributed by atoms with van der Waals surface area (Å²) in [4.78, 5) is 20.8. The molecule has 1 unspecified atom stereocenters. The zero-order valence-corrected chi connectivity index (χ0v) is 19.9.